The van der Waals surface area contributed by atoms with E-state index in [1.165, 1.54) is 12.1 Å². The Morgan fingerprint density at radius 2 is 2.28 bits per heavy atom. The summed E-state index contributed by atoms with van der Waals surface area (Å²) in [6.45, 7) is 2.47. The van der Waals surface area contributed by atoms with Crippen LogP contribution < -0.4 is 5.32 Å². The first-order valence-electron chi connectivity index (χ1n) is 5.33. The lowest BCUT2D eigenvalue weighted by Crippen LogP contribution is -2.24. The Morgan fingerprint density at radius 3 is 2.83 bits per heavy atom. The molecule has 0 amide bonds. The molecule has 7 heteroatoms. The predicted molar refractivity (Wildman–Crippen MR) is 66.4 cm³/mol. The van der Waals surface area contributed by atoms with Crippen molar-refractivity contribution in [2.75, 3.05) is 13.2 Å². The molecule has 98 valence electrons. The highest BCUT2D eigenvalue weighted by Gasteiger charge is 2.09. The number of ether oxygens (including phenoxy) is 1. The minimum absolute atomic E-state index is 0.0610. The van der Waals surface area contributed by atoms with Gasteiger partial charge in [0, 0.05) is 18.7 Å². The molecule has 0 aliphatic heterocycles. The van der Waals surface area contributed by atoms with Gasteiger partial charge in [0.2, 0.25) is 0 Å². The van der Waals surface area contributed by atoms with Crippen LogP contribution in [0.2, 0.25) is 5.02 Å². The second kappa shape index (κ2) is 6.93. The molecule has 6 nitrogen and oxygen atoms in total. The lowest BCUT2D eigenvalue weighted by molar-refractivity contribution is -0.384. The Labute approximate surface area is 109 Å². The number of non-ortho nitro benzene ring substituents is 1. The van der Waals surface area contributed by atoms with Crippen LogP contribution in [-0.2, 0) is 16.1 Å². The third-order valence-corrected chi connectivity index (χ3v) is 2.49. The van der Waals surface area contributed by atoms with Gasteiger partial charge in [-0.2, -0.15) is 0 Å². The van der Waals surface area contributed by atoms with Gasteiger partial charge in [-0.25, -0.2) is 0 Å². The molecule has 0 unspecified atom stereocenters. The number of rotatable bonds is 6. The predicted octanol–water partition coefficient (Wildman–Crippen LogP) is 1.90. The van der Waals surface area contributed by atoms with Crippen LogP contribution in [0.4, 0.5) is 5.69 Å². The number of nitrogens with zero attached hydrogens (tertiary/aromatic N) is 1. The lowest BCUT2D eigenvalue weighted by atomic mass is 10.2. The number of hydrogen-bond acceptors (Lipinski definition) is 5. The average Bonchev–Trinajstić information content (AvgIpc) is 2.31. The zero-order valence-corrected chi connectivity index (χ0v) is 10.6. The number of carbonyl (C=O) groups excluding carboxylic acids is 1. The maximum Gasteiger partial charge on any atom is 0.319 e. The van der Waals surface area contributed by atoms with Crippen molar-refractivity contribution in [3.05, 3.63) is 38.9 Å². The summed E-state index contributed by atoms with van der Waals surface area (Å²) in [5, 5.41) is 13.6. The Morgan fingerprint density at radius 1 is 1.56 bits per heavy atom. The van der Waals surface area contributed by atoms with Crippen molar-refractivity contribution in [1.82, 2.24) is 5.32 Å². The van der Waals surface area contributed by atoms with E-state index >= 15 is 0 Å². The van der Waals surface area contributed by atoms with Crippen molar-refractivity contribution >= 4 is 23.3 Å². The van der Waals surface area contributed by atoms with Crippen LogP contribution >= 0.6 is 11.6 Å². The van der Waals surface area contributed by atoms with Gasteiger partial charge in [0.1, 0.15) is 0 Å². The summed E-state index contributed by atoms with van der Waals surface area (Å²) in [4.78, 5) is 21.1. The molecule has 0 heterocycles. The van der Waals surface area contributed by atoms with E-state index < -0.39 is 4.92 Å². The molecule has 1 N–H and O–H groups in total. The van der Waals surface area contributed by atoms with Crippen LogP contribution in [0.5, 0.6) is 0 Å². The number of esters is 1. The normalized spacial score (nSPS) is 10.1. The van der Waals surface area contributed by atoms with Crippen molar-refractivity contribution in [3.63, 3.8) is 0 Å². The third kappa shape index (κ3) is 4.31. The molecule has 0 aliphatic carbocycles. The van der Waals surface area contributed by atoms with E-state index in [0.29, 0.717) is 23.7 Å². The number of nitrogens with one attached hydrogen (secondary N) is 1. The molecule has 0 aromatic heterocycles. The summed E-state index contributed by atoms with van der Waals surface area (Å²) in [5.41, 5.74) is 0.626. The molecule has 1 aromatic rings. The summed E-state index contributed by atoms with van der Waals surface area (Å²) >= 11 is 5.89. The highest BCUT2D eigenvalue weighted by Crippen LogP contribution is 2.22. The minimum atomic E-state index is -0.512. The van der Waals surface area contributed by atoms with Crippen molar-refractivity contribution in [3.8, 4) is 0 Å². The van der Waals surface area contributed by atoms with E-state index in [2.05, 4.69) is 5.32 Å². The summed E-state index contributed by atoms with van der Waals surface area (Å²) < 4.78 is 4.74. The molecule has 0 spiro atoms. The summed E-state index contributed by atoms with van der Waals surface area (Å²) in [7, 11) is 0. The van der Waals surface area contributed by atoms with Gasteiger partial charge in [0.05, 0.1) is 23.1 Å². The number of benzene rings is 1. The highest BCUT2D eigenvalue weighted by atomic mass is 35.5. The first-order valence-corrected chi connectivity index (χ1v) is 5.71. The van der Waals surface area contributed by atoms with E-state index in [9.17, 15) is 14.9 Å². The molecule has 1 rings (SSSR count). The molecular weight excluding hydrogens is 260 g/mol. The Kier molecular flexibility index (Phi) is 5.54. The number of nitro benzene ring substituents is 1. The van der Waals surface area contributed by atoms with Gasteiger partial charge in [-0.05, 0) is 18.6 Å². The number of carbonyl (C=O) groups is 1. The molecule has 0 aliphatic rings. The smallest absolute Gasteiger partial charge is 0.319 e. The topological polar surface area (TPSA) is 81.5 Å². The second-order valence-corrected chi connectivity index (χ2v) is 3.85. The molecular formula is C11H13ClN2O4. The standard InChI is InChI=1S/C11H13ClN2O4/c1-2-18-11(15)7-13-6-8-3-4-9(14(16)17)5-10(8)12/h3-5,13H,2,6-7H2,1H3. The van der Waals surface area contributed by atoms with Crippen LogP contribution in [0.1, 0.15) is 12.5 Å². The van der Waals surface area contributed by atoms with Gasteiger partial charge < -0.3 is 10.1 Å². The van der Waals surface area contributed by atoms with Gasteiger partial charge >= 0.3 is 5.97 Å². The minimum Gasteiger partial charge on any atom is -0.465 e. The molecule has 0 fully saturated rings. The van der Waals surface area contributed by atoms with Crippen molar-refractivity contribution in [1.29, 1.82) is 0 Å². The van der Waals surface area contributed by atoms with Gasteiger partial charge in [0.15, 0.2) is 0 Å². The fourth-order valence-electron chi connectivity index (χ4n) is 1.30. The SMILES string of the molecule is CCOC(=O)CNCc1ccc([N+](=O)[O-])cc1Cl. The van der Waals surface area contributed by atoms with E-state index in [1.807, 2.05) is 0 Å². The van der Waals surface area contributed by atoms with Gasteiger partial charge in [-0.1, -0.05) is 11.6 Å². The second-order valence-electron chi connectivity index (χ2n) is 3.44. The van der Waals surface area contributed by atoms with Crippen molar-refractivity contribution in [2.24, 2.45) is 0 Å². The number of halogens is 1. The fourth-order valence-corrected chi connectivity index (χ4v) is 1.55. The molecule has 0 radical (unpaired) electrons. The largest absolute Gasteiger partial charge is 0.465 e. The van der Waals surface area contributed by atoms with E-state index in [-0.39, 0.29) is 18.2 Å². The average molecular weight is 273 g/mol. The van der Waals surface area contributed by atoms with E-state index in [0.717, 1.165) is 0 Å². The Hall–Kier alpha value is -1.66. The number of nitro groups is 1. The molecule has 18 heavy (non-hydrogen) atoms. The maximum atomic E-state index is 11.1. The summed E-state index contributed by atoms with van der Waals surface area (Å²) in [6, 6.07) is 4.20. The van der Waals surface area contributed by atoms with Crippen LogP contribution in [0.25, 0.3) is 0 Å². The van der Waals surface area contributed by atoms with Gasteiger partial charge in [-0.3, -0.25) is 14.9 Å². The van der Waals surface area contributed by atoms with Crippen molar-refractivity contribution < 1.29 is 14.5 Å². The lowest BCUT2D eigenvalue weighted by Gasteiger charge is -2.06. The third-order valence-electron chi connectivity index (χ3n) is 2.14. The summed E-state index contributed by atoms with van der Waals surface area (Å²) in [5.74, 6) is -0.351. The van der Waals surface area contributed by atoms with Crippen LogP contribution in [0, 0.1) is 10.1 Å². The Bertz CT molecular complexity index is 451. The highest BCUT2D eigenvalue weighted by molar-refractivity contribution is 6.31. The zero-order valence-electron chi connectivity index (χ0n) is 9.81. The zero-order chi connectivity index (χ0) is 13.5. The molecule has 0 bridgehead atoms. The van der Waals surface area contributed by atoms with Crippen LogP contribution in [0.15, 0.2) is 18.2 Å². The first-order chi connectivity index (χ1) is 8.54. The van der Waals surface area contributed by atoms with E-state index in [4.69, 9.17) is 16.3 Å². The summed E-state index contributed by atoms with van der Waals surface area (Å²) in [6.07, 6.45) is 0. The first kappa shape index (κ1) is 14.4. The molecule has 0 saturated carbocycles. The van der Waals surface area contributed by atoms with Crippen LogP contribution in [-0.4, -0.2) is 24.0 Å². The van der Waals surface area contributed by atoms with Gasteiger partial charge in [-0.15, -0.1) is 0 Å². The molecule has 1 aromatic carbocycles. The van der Waals surface area contributed by atoms with Crippen LogP contribution in [0.3, 0.4) is 0 Å². The molecule has 0 atom stereocenters. The molecule has 0 saturated heterocycles. The van der Waals surface area contributed by atoms with E-state index in [1.54, 1.807) is 13.0 Å². The van der Waals surface area contributed by atoms with Gasteiger partial charge in [0.25, 0.3) is 5.69 Å². The Balaban J connectivity index is 2.53. The maximum absolute atomic E-state index is 11.1. The quantitative estimate of drug-likeness (QED) is 0.486. The monoisotopic (exact) mass is 272 g/mol. The van der Waals surface area contributed by atoms with Crippen molar-refractivity contribution in [2.45, 2.75) is 13.5 Å². The fraction of sp³-hybridized carbons (Fsp3) is 0.364. The number of hydrogen-bond donors (Lipinski definition) is 1.